The van der Waals surface area contributed by atoms with Crippen molar-refractivity contribution in [3.63, 3.8) is 0 Å². The largest absolute Gasteiger partial charge is 0.489 e. The molecule has 1 N–H and O–H groups in total. The Kier molecular flexibility index (Phi) is 6.96. The zero-order valence-corrected chi connectivity index (χ0v) is 19.2. The summed E-state index contributed by atoms with van der Waals surface area (Å²) >= 11 is 12.1. The van der Waals surface area contributed by atoms with E-state index in [4.69, 9.17) is 27.9 Å². The maximum absolute atomic E-state index is 13.3. The van der Waals surface area contributed by atoms with Gasteiger partial charge in [-0.1, -0.05) is 47.5 Å². The van der Waals surface area contributed by atoms with Crippen LogP contribution in [0.5, 0.6) is 5.75 Å². The van der Waals surface area contributed by atoms with Crippen LogP contribution >= 0.6 is 23.2 Å². The zero-order chi connectivity index (χ0) is 23.4. The van der Waals surface area contributed by atoms with E-state index in [2.05, 4.69) is 10.4 Å². The Morgan fingerprint density at radius 2 is 1.85 bits per heavy atom. The van der Waals surface area contributed by atoms with Gasteiger partial charge in [0.05, 0.1) is 6.54 Å². The summed E-state index contributed by atoms with van der Waals surface area (Å²) in [5.41, 5.74) is 2.98. The molecule has 0 bridgehead atoms. The van der Waals surface area contributed by atoms with Crippen molar-refractivity contribution in [1.82, 2.24) is 9.78 Å². The van der Waals surface area contributed by atoms with Gasteiger partial charge in [-0.15, -0.1) is 0 Å². The molecule has 5 nitrogen and oxygen atoms in total. The first-order valence-electron chi connectivity index (χ1n) is 10.1. The van der Waals surface area contributed by atoms with E-state index >= 15 is 0 Å². The van der Waals surface area contributed by atoms with Gasteiger partial charge in [0.25, 0.3) is 5.91 Å². The maximum Gasteiger partial charge on any atom is 0.256 e. The molecule has 0 saturated carbocycles. The molecule has 4 aromatic rings. The van der Waals surface area contributed by atoms with E-state index in [-0.39, 0.29) is 5.91 Å². The van der Waals surface area contributed by atoms with Crippen molar-refractivity contribution in [3.05, 3.63) is 111 Å². The Labute approximate surface area is 200 Å². The van der Waals surface area contributed by atoms with E-state index in [9.17, 15) is 9.18 Å². The quantitative estimate of drug-likeness (QED) is 0.325. The number of anilines is 1. The SMILES string of the molecule is Cc1cc(NC(=O)c2ccc(COc3cccc(Cl)c3)cc2)nn1Cc1ccc(F)cc1Cl. The van der Waals surface area contributed by atoms with E-state index in [1.807, 2.05) is 31.2 Å². The topological polar surface area (TPSA) is 56.1 Å². The zero-order valence-electron chi connectivity index (χ0n) is 17.7. The molecule has 0 spiro atoms. The van der Waals surface area contributed by atoms with Crippen molar-refractivity contribution < 1.29 is 13.9 Å². The number of rotatable bonds is 7. The van der Waals surface area contributed by atoms with Gasteiger partial charge in [0.15, 0.2) is 5.82 Å². The molecular weight excluding hydrogens is 464 g/mol. The van der Waals surface area contributed by atoms with Gasteiger partial charge < -0.3 is 10.1 Å². The molecule has 168 valence electrons. The first-order chi connectivity index (χ1) is 15.9. The normalized spacial score (nSPS) is 10.8. The van der Waals surface area contributed by atoms with Crippen LogP contribution in [0.15, 0.2) is 72.8 Å². The van der Waals surface area contributed by atoms with Crippen molar-refractivity contribution in [1.29, 1.82) is 0 Å². The third kappa shape index (κ3) is 5.92. The van der Waals surface area contributed by atoms with Gasteiger partial charge in [-0.05, 0) is 60.5 Å². The van der Waals surface area contributed by atoms with Crippen molar-refractivity contribution in [2.75, 3.05) is 5.32 Å². The van der Waals surface area contributed by atoms with E-state index < -0.39 is 5.82 Å². The molecule has 0 saturated heterocycles. The van der Waals surface area contributed by atoms with Gasteiger partial charge in [0.1, 0.15) is 18.2 Å². The molecule has 0 atom stereocenters. The minimum absolute atomic E-state index is 0.276. The summed E-state index contributed by atoms with van der Waals surface area (Å²) in [4.78, 5) is 12.6. The molecule has 33 heavy (non-hydrogen) atoms. The number of hydrogen-bond donors (Lipinski definition) is 1. The van der Waals surface area contributed by atoms with Crippen LogP contribution in [-0.4, -0.2) is 15.7 Å². The number of halogens is 3. The molecule has 3 aromatic carbocycles. The summed E-state index contributed by atoms with van der Waals surface area (Å²) in [6.45, 7) is 2.59. The second-order valence-corrected chi connectivity index (χ2v) is 8.31. The van der Waals surface area contributed by atoms with Crippen molar-refractivity contribution in [2.45, 2.75) is 20.1 Å². The van der Waals surface area contributed by atoms with E-state index in [1.165, 1.54) is 12.1 Å². The number of hydrogen-bond acceptors (Lipinski definition) is 3. The molecule has 8 heteroatoms. The van der Waals surface area contributed by atoms with Gasteiger partial charge in [-0.25, -0.2) is 4.39 Å². The predicted octanol–water partition coefficient (Wildman–Crippen LogP) is 6.52. The molecule has 0 aliphatic carbocycles. The Morgan fingerprint density at radius 3 is 2.58 bits per heavy atom. The first kappa shape index (κ1) is 22.8. The Balaban J connectivity index is 1.37. The number of aromatic nitrogens is 2. The standard InChI is InChI=1S/C25H20Cl2FN3O2/c1-16-11-24(30-31(16)14-19-9-10-21(28)13-23(19)27)29-25(32)18-7-5-17(6-8-18)15-33-22-4-2-3-20(26)12-22/h2-13H,14-15H2,1H3,(H,29,30,32). The lowest BCUT2D eigenvalue weighted by atomic mass is 10.1. The highest BCUT2D eigenvalue weighted by molar-refractivity contribution is 6.31. The molecule has 0 radical (unpaired) electrons. The molecular formula is C25H20Cl2FN3O2. The van der Waals surface area contributed by atoms with Crippen molar-refractivity contribution in [2.24, 2.45) is 0 Å². The molecule has 1 amide bonds. The monoisotopic (exact) mass is 483 g/mol. The first-order valence-corrected chi connectivity index (χ1v) is 10.9. The lowest BCUT2D eigenvalue weighted by Gasteiger charge is -2.08. The fourth-order valence-electron chi connectivity index (χ4n) is 3.21. The van der Waals surface area contributed by atoms with Crippen molar-refractivity contribution in [3.8, 4) is 5.75 Å². The average Bonchev–Trinajstić information content (AvgIpc) is 3.13. The Hall–Kier alpha value is -3.35. The summed E-state index contributed by atoms with van der Waals surface area (Å²) in [6.07, 6.45) is 0. The average molecular weight is 484 g/mol. The van der Waals surface area contributed by atoms with Crippen LogP contribution < -0.4 is 10.1 Å². The lowest BCUT2D eigenvalue weighted by Crippen LogP contribution is -2.13. The molecule has 4 rings (SSSR count). The third-order valence-corrected chi connectivity index (χ3v) is 5.56. The minimum Gasteiger partial charge on any atom is -0.489 e. The van der Waals surface area contributed by atoms with Gasteiger partial charge in [0.2, 0.25) is 0 Å². The van der Waals surface area contributed by atoms with Crippen LogP contribution in [0.4, 0.5) is 10.2 Å². The molecule has 0 aliphatic heterocycles. The van der Waals surface area contributed by atoms with E-state index in [0.717, 1.165) is 16.8 Å². The highest BCUT2D eigenvalue weighted by Crippen LogP contribution is 2.21. The van der Waals surface area contributed by atoms with Crippen LogP contribution in [0.25, 0.3) is 0 Å². The van der Waals surface area contributed by atoms with Crippen molar-refractivity contribution >= 4 is 34.9 Å². The predicted molar refractivity (Wildman–Crippen MR) is 128 cm³/mol. The minimum atomic E-state index is -0.393. The van der Waals surface area contributed by atoms with Gasteiger partial charge in [-0.2, -0.15) is 5.10 Å². The summed E-state index contributed by atoms with van der Waals surface area (Å²) < 4.78 is 20.7. The number of nitrogens with one attached hydrogen (secondary N) is 1. The summed E-state index contributed by atoms with van der Waals surface area (Å²) in [7, 11) is 0. The second kappa shape index (κ2) is 10.1. The Bertz CT molecular complexity index is 1290. The lowest BCUT2D eigenvalue weighted by molar-refractivity contribution is 0.102. The smallest absolute Gasteiger partial charge is 0.256 e. The highest BCUT2D eigenvalue weighted by Gasteiger charge is 2.12. The van der Waals surface area contributed by atoms with Crippen LogP contribution in [0.3, 0.4) is 0 Å². The van der Waals surface area contributed by atoms with E-state index in [1.54, 1.807) is 41.1 Å². The van der Waals surface area contributed by atoms with Gasteiger partial charge in [-0.3, -0.25) is 9.48 Å². The van der Waals surface area contributed by atoms with Gasteiger partial charge in [0, 0.05) is 27.4 Å². The number of carbonyl (C=O) groups excluding carboxylic acids is 1. The molecule has 0 fully saturated rings. The molecule has 1 aromatic heterocycles. The summed E-state index contributed by atoms with van der Waals surface area (Å²) in [5.74, 6) is 0.430. The maximum atomic E-state index is 13.3. The number of carbonyl (C=O) groups is 1. The van der Waals surface area contributed by atoms with Crippen LogP contribution in [-0.2, 0) is 13.2 Å². The molecule has 0 aliphatic rings. The summed E-state index contributed by atoms with van der Waals surface area (Å²) in [6, 6.07) is 20.3. The fourth-order valence-corrected chi connectivity index (χ4v) is 3.61. The number of aryl methyl sites for hydroxylation is 1. The fraction of sp³-hybridized carbons (Fsp3) is 0.120. The number of amides is 1. The molecule has 0 unspecified atom stereocenters. The van der Waals surface area contributed by atoms with Crippen LogP contribution in [0.2, 0.25) is 10.0 Å². The van der Waals surface area contributed by atoms with Crippen LogP contribution in [0, 0.1) is 12.7 Å². The Morgan fingerprint density at radius 1 is 1.06 bits per heavy atom. The van der Waals surface area contributed by atoms with E-state index in [0.29, 0.717) is 40.3 Å². The number of ether oxygens (including phenoxy) is 1. The van der Waals surface area contributed by atoms with Crippen LogP contribution in [0.1, 0.15) is 27.2 Å². The second-order valence-electron chi connectivity index (χ2n) is 7.46. The molecule has 1 heterocycles. The number of benzene rings is 3. The highest BCUT2D eigenvalue weighted by atomic mass is 35.5. The number of nitrogens with zero attached hydrogens (tertiary/aromatic N) is 2. The third-order valence-electron chi connectivity index (χ3n) is 4.98. The summed E-state index contributed by atoms with van der Waals surface area (Å²) in [5, 5.41) is 8.16. The van der Waals surface area contributed by atoms with Gasteiger partial charge >= 0.3 is 0 Å².